The Kier molecular flexibility index (Phi) is 3.90. The van der Waals surface area contributed by atoms with E-state index < -0.39 is 5.41 Å². The number of carbonyl (C=O) groups excluding carboxylic acids is 1. The second kappa shape index (κ2) is 5.55. The van der Waals surface area contributed by atoms with E-state index in [0.717, 1.165) is 23.1 Å². The molecule has 1 aliphatic carbocycles. The number of anilines is 1. The van der Waals surface area contributed by atoms with Gasteiger partial charge < -0.3 is 9.64 Å². The van der Waals surface area contributed by atoms with Gasteiger partial charge in [0.1, 0.15) is 5.01 Å². The van der Waals surface area contributed by atoms with E-state index in [-0.39, 0.29) is 11.9 Å². The Bertz CT molecular complexity index is 527. The average Bonchev–Trinajstić information content (AvgIpc) is 3.03. The van der Waals surface area contributed by atoms with E-state index >= 15 is 0 Å². The lowest BCUT2D eigenvalue weighted by Crippen LogP contribution is -2.40. The molecule has 2 fully saturated rings. The average molecular weight is 309 g/mol. The minimum absolute atomic E-state index is 0.0607. The van der Waals surface area contributed by atoms with Crippen LogP contribution >= 0.6 is 11.3 Å². The summed E-state index contributed by atoms with van der Waals surface area (Å²) in [4.78, 5) is 14.6. The third-order valence-electron chi connectivity index (χ3n) is 4.72. The molecule has 1 aromatic rings. The van der Waals surface area contributed by atoms with Crippen LogP contribution in [-0.4, -0.2) is 35.9 Å². The molecule has 6 heteroatoms. The lowest BCUT2D eigenvalue weighted by Gasteiger charge is -2.30. The standard InChI is InChI=1S/C15H23N3O2S/c1-4-20-13(19)15(10(2)3)7-8-18(9-15)14-17-16-12(21-14)11-5-6-11/h10-11H,4-9H2,1-3H3. The number of rotatable bonds is 5. The molecule has 21 heavy (non-hydrogen) atoms. The minimum atomic E-state index is -0.401. The molecule has 1 saturated heterocycles. The van der Waals surface area contributed by atoms with Crippen molar-refractivity contribution in [1.82, 2.24) is 10.2 Å². The molecule has 0 radical (unpaired) electrons. The highest BCUT2D eigenvalue weighted by molar-refractivity contribution is 7.15. The molecule has 0 bridgehead atoms. The van der Waals surface area contributed by atoms with Crippen LogP contribution in [0.25, 0.3) is 0 Å². The molecule has 0 aromatic carbocycles. The highest BCUT2D eigenvalue weighted by Crippen LogP contribution is 2.45. The van der Waals surface area contributed by atoms with Gasteiger partial charge in [-0.3, -0.25) is 4.79 Å². The van der Waals surface area contributed by atoms with Crippen LogP contribution in [0.3, 0.4) is 0 Å². The largest absolute Gasteiger partial charge is 0.466 e. The zero-order chi connectivity index (χ0) is 15.0. The first-order valence-corrected chi connectivity index (χ1v) is 8.64. The normalized spacial score (nSPS) is 25.6. The molecule has 0 amide bonds. The molecule has 1 unspecified atom stereocenters. The molecule has 3 rings (SSSR count). The van der Waals surface area contributed by atoms with E-state index in [4.69, 9.17) is 4.74 Å². The number of aromatic nitrogens is 2. The lowest BCUT2D eigenvalue weighted by atomic mass is 9.76. The Hall–Kier alpha value is -1.17. The molecular weight excluding hydrogens is 286 g/mol. The van der Waals surface area contributed by atoms with Gasteiger partial charge in [-0.25, -0.2) is 0 Å². The van der Waals surface area contributed by atoms with Gasteiger partial charge in [0, 0.05) is 19.0 Å². The predicted molar refractivity (Wildman–Crippen MR) is 82.6 cm³/mol. The van der Waals surface area contributed by atoms with Crippen molar-refractivity contribution in [2.75, 3.05) is 24.6 Å². The third-order valence-corrected chi connectivity index (χ3v) is 5.86. The van der Waals surface area contributed by atoms with Crippen molar-refractivity contribution in [2.45, 2.75) is 46.0 Å². The van der Waals surface area contributed by atoms with Crippen molar-refractivity contribution >= 4 is 22.4 Å². The molecular formula is C15H23N3O2S. The van der Waals surface area contributed by atoms with E-state index in [0.29, 0.717) is 19.1 Å². The summed E-state index contributed by atoms with van der Waals surface area (Å²) in [5.74, 6) is 0.838. The molecule has 2 heterocycles. The van der Waals surface area contributed by atoms with Gasteiger partial charge in [0.25, 0.3) is 0 Å². The smallest absolute Gasteiger partial charge is 0.314 e. The van der Waals surface area contributed by atoms with Crippen molar-refractivity contribution in [2.24, 2.45) is 11.3 Å². The topological polar surface area (TPSA) is 55.3 Å². The quantitative estimate of drug-likeness (QED) is 0.783. The van der Waals surface area contributed by atoms with Gasteiger partial charge in [-0.1, -0.05) is 25.2 Å². The summed E-state index contributed by atoms with van der Waals surface area (Å²) >= 11 is 1.69. The SMILES string of the molecule is CCOC(=O)C1(C(C)C)CCN(c2nnc(C3CC3)s2)C1. The Morgan fingerprint density at radius 2 is 2.24 bits per heavy atom. The van der Waals surface area contributed by atoms with Crippen molar-refractivity contribution in [1.29, 1.82) is 0 Å². The summed E-state index contributed by atoms with van der Waals surface area (Å²) in [5, 5.41) is 10.8. The molecule has 1 saturated carbocycles. The van der Waals surface area contributed by atoms with Gasteiger partial charge in [0.15, 0.2) is 0 Å². The Balaban J connectivity index is 1.76. The Labute approximate surface area is 129 Å². The summed E-state index contributed by atoms with van der Waals surface area (Å²) in [5.41, 5.74) is -0.401. The predicted octanol–water partition coefficient (Wildman–Crippen LogP) is 2.83. The van der Waals surface area contributed by atoms with Gasteiger partial charge in [0.05, 0.1) is 12.0 Å². The highest BCUT2D eigenvalue weighted by Gasteiger charge is 2.49. The molecule has 2 aliphatic rings. The van der Waals surface area contributed by atoms with Crippen molar-refractivity contribution < 1.29 is 9.53 Å². The van der Waals surface area contributed by atoms with E-state index in [1.54, 1.807) is 11.3 Å². The Morgan fingerprint density at radius 3 is 2.86 bits per heavy atom. The van der Waals surface area contributed by atoms with Crippen LogP contribution in [0.2, 0.25) is 0 Å². The highest BCUT2D eigenvalue weighted by atomic mass is 32.1. The summed E-state index contributed by atoms with van der Waals surface area (Å²) in [6.45, 7) is 8.08. The number of esters is 1. The Morgan fingerprint density at radius 1 is 1.48 bits per heavy atom. The number of carbonyl (C=O) groups is 1. The first-order chi connectivity index (χ1) is 10.1. The van der Waals surface area contributed by atoms with Crippen LogP contribution < -0.4 is 4.90 Å². The molecule has 116 valence electrons. The molecule has 5 nitrogen and oxygen atoms in total. The fourth-order valence-corrected chi connectivity index (χ4v) is 4.03. The van der Waals surface area contributed by atoms with Gasteiger partial charge in [-0.05, 0) is 32.1 Å². The number of ether oxygens (including phenoxy) is 1. The van der Waals surface area contributed by atoms with Crippen LogP contribution in [0.1, 0.15) is 51.0 Å². The van der Waals surface area contributed by atoms with Crippen molar-refractivity contribution in [3.63, 3.8) is 0 Å². The summed E-state index contributed by atoms with van der Waals surface area (Å²) in [6.07, 6.45) is 3.32. The summed E-state index contributed by atoms with van der Waals surface area (Å²) in [6, 6.07) is 0. The van der Waals surface area contributed by atoms with Gasteiger partial charge in [-0.15, -0.1) is 10.2 Å². The third kappa shape index (κ3) is 2.65. The van der Waals surface area contributed by atoms with Crippen molar-refractivity contribution in [3.05, 3.63) is 5.01 Å². The van der Waals surface area contributed by atoms with Crippen LogP contribution in [0.4, 0.5) is 5.13 Å². The monoisotopic (exact) mass is 309 g/mol. The van der Waals surface area contributed by atoms with Crippen LogP contribution in [0.15, 0.2) is 0 Å². The fraction of sp³-hybridized carbons (Fsp3) is 0.800. The molecule has 1 atom stereocenters. The number of nitrogens with zero attached hydrogens (tertiary/aromatic N) is 3. The molecule has 1 aliphatic heterocycles. The van der Waals surface area contributed by atoms with E-state index in [1.807, 2.05) is 6.92 Å². The number of hydrogen-bond donors (Lipinski definition) is 0. The molecule has 0 N–H and O–H groups in total. The van der Waals surface area contributed by atoms with E-state index in [2.05, 4.69) is 28.9 Å². The lowest BCUT2D eigenvalue weighted by molar-refractivity contribution is -0.156. The summed E-state index contributed by atoms with van der Waals surface area (Å²) in [7, 11) is 0. The maximum Gasteiger partial charge on any atom is 0.314 e. The first kappa shape index (κ1) is 14.8. The van der Waals surface area contributed by atoms with Gasteiger partial charge >= 0.3 is 5.97 Å². The van der Waals surface area contributed by atoms with E-state index in [1.165, 1.54) is 12.8 Å². The second-order valence-corrected chi connectivity index (χ2v) is 7.39. The minimum Gasteiger partial charge on any atom is -0.466 e. The van der Waals surface area contributed by atoms with Gasteiger partial charge in [0.2, 0.25) is 5.13 Å². The van der Waals surface area contributed by atoms with Gasteiger partial charge in [-0.2, -0.15) is 0 Å². The van der Waals surface area contributed by atoms with Crippen LogP contribution in [-0.2, 0) is 9.53 Å². The zero-order valence-corrected chi connectivity index (χ0v) is 13.8. The summed E-state index contributed by atoms with van der Waals surface area (Å²) < 4.78 is 5.33. The zero-order valence-electron chi connectivity index (χ0n) is 13.0. The second-order valence-electron chi connectivity index (χ2n) is 6.40. The maximum atomic E-state index is 12.4. The fourth-order valence-electron chi connectivity index (χ4n) is 2.99. The van der Waals surface area contributed by atoms with Crippen LogP contribution in [0.5, 0.6) is 0 Å². The maximum absolute atomic E-state index is 12.4. The van der Waals surface area contributed by atoms with Crippen LogP contribution in [0, 0.1) is 11.3 Å². The molecule has 0 spiro atoms. The first-order valence-electron chi connectivity index (χ1n) is 7.82. The van der Waals surface area contributed by atoms with Crippen molar-refractivity contribution in [3.8, 4) is 0 Å². The van der Waals surface area contributed by atoms with E-state index in [9.17, 15) is 4.79 Å². The number of hydrogen-bond acceptors (Lipinski definition) is 6. The molecule has 1 aromatic heterocycles.